The number of aliphatic imine (C=N–C) groups is 1. The van der Waals surface area contributed by atoms with Crippen molar-refractivity contribution in [1.29, 1.82) is 0 Å². The number of guanidine groups is 1. The quantitative estimate of drug-likeness (QED) is 0.227. The molecule has 31 heavy (non-hydrogen) atoms. The van der Waals surface area contributed by atoms with E-state index in [4.69, 9.17) is 4.74 Å². The van der Waals surface area contributed by atoms with Crippen LogP contribution in [-0.2, 0) is 16.1 Å². The van der Waals surface area contributed by atoms with E-state index < -0.39 is 0 Å². The number of carbonyl (C=O) groups excluding carboxylic acids is 1. The van der Waals surface area contributed by atoms with Crippen molar-refractivity contribution in [3.8, 4) is 0 Å². The summed E-state index contributed by atoms with van der Waals surface area (Å²) in [7, 11) is 1.77. The minimum absolute atomic E-state index is 0. The van der Waals surface area contributed by atoms with E-state index in [-0.39, 0.29) is 29.9 Å². The van der Waals surface area contributed by atoms with Crippen molar-refractivity contribution < 1.29 is 9.53 Å². The first-order valence-corrected chi connectivity index (χ1v) is 11.2. The van der Waals surface area contributed by atoms with E-state index in [1.165, 1.54) is 0 Å². The Labute approximate surface area is 204 Å². The van der Waals surface area contributed by atoms with Gasteiger partial charge in [0.25, 0.3) is 0 Å². The molecule has 1 aliphatic heterocycles. The number of nitrogens with one attached hydrogen (secondary N) is 3. The van der Waals surface area contributed by atoms with Gasteiger partial charge in [0, 0.05) is 52.2 Å². The molecule has 0 spiro atoms. The maximum absolute atomic E-state index is 12.1. The molecule has 1 aromatic rings. The van der Waals surface area contributed by atoms with Crippen LogP contribution in [0.4, 0.5) is 0 Å². The zero-order valence-corrected chi connectivity index (χ0v) is 21.6. The molecule has 1 amide bonds. The first-order valence-electron chi connectivity index (χ1n) is 11.2. The molecule has 7 nitrogen and oxygen atoms in total. The molecule has 8 heteroatoms. The summed E-state index contributed by atoms with van der Waals surface area (Å²) < 4.78 is 5.53. The van der Waals surface area contributed by atoms with Crippen LogP contribution in [-0.4, -0.2) is 69.2 Å². The lowest BCUT2D eigenvalue weighted by Gasteiger charge is -2.39. The number of ether oxygens (including phenoxy) is 1. The second-order valence-electron chi connectivity index (χ2n) is 7.68. The third-order valence-corrected chi connectivity index (χ3v) is 5.79. The van der Waals surface area contributed by atoms with Crippen LogP contribution in [0.5, 0.6) is 0 Å². The van der Waals surface area contributed by atoms with Crippen LogP contribution in [0.15, 0.2) is 35.3 Å². The molecule has 0 radical (unpaired) electrons. The fourth-order valence-electron chi connectivity index (χ4n) is 3.94. The van der Waals surface area contributed by atoms with Gasteiger partial charge in [-0.05, 0) is 11.5 Å². The van der Waals surface area contributed by atoms with E-state index in [1.54, 1.807) is 7.05 Å². The average molecular weight is 546 g/mol. The Bertz CT molecular complexity index is 634. The number of rotatable bonds is 11. The Balaban J connectivity index is 0.00000480. The average Bonchev–Trinajstić information content (AvgIpc) is 2.80. The normalized spacial score (nSPS) is 15.8. The summed E-state index contributed by atoms with van der Waals surface area (Å²) in [5, 5.41) is 9.70. The van der Waals surface area contributed by atoms with Crippen molar-refractivity contribution in [1.82, 2.24) is 20.9 Å². The molecular formula is C23H40IN5O2. The van der Waals surface area contributed by atoms with Gasteiger partial charge in [-0.15, -0.1) is 24.0 Å². The van der Waals surface area contributed by atoms with Gasteiger partial charge in [0.15, 0.2) is 5.96 Å². The van der Waals surface area contributed by atoms with Crippen molar-refractivity contribution in [3.63, 3.8) is 0 Å². The second-order valence-corrected chi connectivity index (χ2v) is 7.68. The Morgan fingerprint density at radius 3 is 2.39 bits per heavy atom. The smallest absolute Gasteiger partial charge is 0.222 e. The van der Waals surface area contributed by atoms with E-state index in [2.05, 4.69) is 39.7 Å². The molecule has 3 N–H and O–H groups in total. The summed E-state index contributed by atoms with van der Waals surface area (Å²) in [6.45, 7) is 10.1. The Hall–Kier alpha value is -1.39. The first kappa shape index (κ1) is 27.6. The van der Waals surface area contributed by atoms with Crippen LogP contribution in [0, 0.1) is 5.92 Å². The summed E-state index contributed by atoms with van der Waals surface area (Å²) >= 11 is 0. The fraction of sp³-hybridized carbons (Fsp3) is 0.652. The van der Waals surface area contributed by atoms with Gasteiger partial charge in [0.05, 0.1) is 13.2 Å². The molecule has 1 aliphatic rings. The summed E-state index contributed by atoms with van der Waals surface area (Å²) in [6.07, 6.45) is 2.73. The number of hydrogen-bond donors (Lipinski definition) is 3. The predicted octanol–water partition coefficient (Wildman–Crippen LogP) is 2.61. The van der Waals surface area contributed by atoms with Crippen molar-refractivity contribution in [3.05, 3.63) is 35.9 Å². The number of nitrogens with zero attached hydrogens (tertiary/aromatic N) is 2. The molecule has 0 aliphatic carbocycles. The SMILES string of the molecule is CCC(CC)C(CNC(=NC)NCCC(=O)NCc1ccccc1)N1CCOCC1.I. The third kappa shape index (κ3) is 10.2. The minimum atomic E-state index is 0. The van der Waals surface area contributed by atoms with Crippen LogP contribution in [0.1, 0.15) is 38.7 Å². The van der Waals surface area contributed by atoms with E-state index >= 15 is 0 Å². The zero-order valence-electron chi connectivity index (χ0n) is 19.2. The fourth-order valence-corrected chi connectivity index (χ4v) is 3.94. The molecule has 1 unspecified atom stereocenters. The number of hydrogen-bond acceptors (Lipinski definition) is 4. The van der Waals surface area contributed by atoms with E-state index in [1.807, 2.05) is 30.3 Å². The molecular weight excluding hydrogens is 505 g/mol. The van der Waals surface area contributed by atoms with Crippen molar-refractivity contribution in [2.75, 3.05) is 46.4 Å². The van der Waals surface area contributed by atoms with E-state index in [0.717, 1.165) is 57.2 Å². The third-order valence-electron chi connectivity index (χ3n) is 5.79. The van der Waals surface area contributed by atoms with Crippen LogP contribution < -0.4 is 16.0 Å². The van der Waals surface area contributed by atoms with Gasteiger partial charge < -0.3 is 20.7 Å². The molecule has 1 fully saturated rings. The maximum Gasteiger partial charge on any atom is 0.222 e. The highest BCUT2D eigenvalue weighted by Crippen LogP contribution is 2.19. The lowest BCUT2D eigenvalue weighted by Crippen LogP contribution is -2.53. The van der Waals surface area contributed by atoms with Gasteiger partial charge in [0.1, 0.15) is 0 Å². The van der Waals surface area contributed by atoms with Crippen LogP contribution in [0.3, 0.4) is 0 Å². The number of morpholine rings is 1. The maximum atomic E-state index is 12.1. The summed E-state index contributed by atoms with van der Waals surface area (Å²) in [5.41, 5.74) is 1.10. The van der Waals surface area contributed by atoms with Crippen LogP contribution in [0.25, 0.3) is 0 Å². The molecule has 0 aromatic heterocycles. The standard InChI is InChI=1S/C23H39N5O2.HI/c1-4-20(5-2)21(28-13-15-30-16-14-28)18-27-23(24-3)25-12-11-22(29)26-17-19-9-7-6-8-10-19;/h6-10,20-21H,4-5,11-18H2,1-3H3,(H,26,29)(H2,24,25,27);1H. The van der Waals surface area contributed by atoms with Gasteiger partial charge in [-0.1, -0.05) is 57.0 Å². The van der Waals surface area contributed by atoms with Crippen LogP contribution in [0.2, 0.25) is 0 Å². The minimum Gasteiger partial charge on any atom is -0.379 e. The molecule has 176 valence electrons. The molecule has 0 bridgehead atoms. The largest absolute Gasteiger partial charge is 0.379 e. The summed E-state index contributed by atoms with van der Waals surface area (Å²) in [5.74, 6) is 1.41. The Morgan fingerprint density at radius 1 is 1.10 bits per heavy atom. The molecule has 1 heterocycles. The zero-order chi connectivity index (χ0) is 21.6. The highest BCUT2D eigenvalue weighted by Gasteiger charge is 2.26. The lowest BCUT2D eigenvalue weighted by atomic mass is 9.92. The molecule has 1 aromatic carbocycles. The lowest BCUT2D eigenvalue weighted by molar-refractivity contribution is -0.121. The van der Waals surface area contributed by atoms with Crippen molar-refractivity contribution in [2.24, 2.45) is 10.9 Å². The molecule has 2 rings (SSSR count). The summed E-state index contributed by atoms with van der Waals surface area (Å²) in [6, 6.07) is 10.4. The van der Waals surface area contributed by atoms with Gasteiger partial charge >= 0.3 is 0 Å². The highest BCUT2D eigenvalue weighted by atomic mass is 127. The predicted molar refractivity (Wildman–Crippen MR) is 138 cm³/mol. The van der Waals surface area contributed by atoms with Gasteiger partial charge in [0.2, 0.25) is 5.91 Å². The second kappa shape index (κ2) is 16.3. The van der Waals surface area contributed by atoms with E-state index in [0.29, 0.717) is 31.5 Å². The number of carbonyl (C=O) groups is 1. The van der Waals surface area contributed by atoms with Crippen LogP contribution >= 0.6 is 24.0 Å². The number of amides is 1. The highest BCUT2D eigenvalue weighted by molar-refractivity contribution is 14.0. The molecule has 1 atom stereocenters. The van der Waals surface area contributed by atoms with Gasteiger partial charge in [-0.25, -0.2) is 0 Å². The number of benzene rings is 1. The molecule has 0 saturated carbocycles. The monoisotopic (exact) mass is 545 g/mol. The number of halogens is 1. The molecule has 1 saturated heterocycles. The summed E-state index contributed by atoms with van der Waals surface area (Å²) in [4.78, 5) is 19.0. The van der Waals surface area contributed by atoms with E-state index in [9.17, 15) is 4.79 Å². The van der Waals surface area contributed by atoms with Crippen molar-refractivity contribution in [2.45, 2.75) is 45.7 Å². The first-order chi connectivity index (χ1) is 14.7. The Morgan fingerprint density at radius 2 is 1.77 bits per heavy atom. The topological polar surface area (TPSA) is 78.0 Å². The van der Waals surface area contributed by atoms with Crippen molar-refractivity contribution >= 4 is 35.8 Å². The van der Waals surface area contributed by atoms with Gasteiger partial charge in [-0.2, -0.15) is 0 Å². The van der Waals surface area contributed by atoms with Gasteiger partial charge in [-0.3, -0.25) is 14.7 Å². The Kier molecular flexibility index (Phi) is 14.5.